The minimum Gasteiger partial charge on any atom is -0.481 e. The maximum atomic E-state index is 12.0. The van der Waals surface area contributed by atoms with Crippen molar-refractivity contribution in [3.8, 4) is 0 Å². The number of amides is 1. The number of thiazole rings is 1. The molecule has 2 aromatic rings. The lowest BCUT2D eigenvalue weighted by Crippen LogP contribution is -2.34. The number of aryl methyl sites for hydroxylation is 2. The molecular weight excluding hydrogens is 300 g/mol. The Hall–Kier alpha value is -2.21. The lowest BCUT2D eigenvalue weighted by molar-refractivity contribution is -0.141. The summed E-state index contributed by atoms with van der Waals surface area (Å²) in [6, 6.07) is 7.74. The molecular formula is C16H18N2O3S. The molecule has 1 heterocycles. The zero-order valence-electron chi connectivity index (χ0n) is 12.5. The molecule has 0 aliphatic rings. The third-order valence-electron chi connectivity index (χ3n) is 3.41. The maximum absolute atomic E-state index is 12.0. The molecule has 0 aliphatic heterocycles. The number of nitrogens with zero attached hydrogens (tertiary/aromatic N) is 1. The van der Waals surface area contributed by atoms with E-state index in [4.69, 9.17) is 0 Å². The van der Waals surface area contributed by atoms with Gasteiger partial charge in [0.25, 0.3) is 5.91 Å². The van der Waals surface area contributed by atoms with E-state index >= 15 is 0 Å². The second-order valence-electron chi connectivity index (χ2n) is 5.20. The van der Waals surface area contributed by atoms with Gasteiger partial charge in [0.2, 0.25) is 0 Å². The van der Waals surface area contributed by atoms with Crippen molar-refractivity contribution in [2.24, 2.45) is 5.92 Å². The fourth-order valence-electron chi connectivity index (χ4n) is 2.07. The van der Waals surface area contributed by atoms with Crippen molar-refractivity contribution in [1.82, 2.24) is 10.3 Å². The van der Waals surface area contributed by atoms with Crippen LogP contribution in [-0.4, -0.2) is 28.5 Å². The number of rotatable bonds is 6. The summed E-state index contributed by atoms with van der Waals surface area (Å²) in [7, 11) is 0. The van der Waals surface area contributed by atoms with E-state index in [0.29, 0.717) is 17.0 Å². The predicted molar refractivity (Wildman–Crippen MR) is 85.2 cm³/mol. The number of nitrogens with one attached hydrogen (secondary N) is 1. The van der Waals surface area contributed by atoms with E-state index in [9.17, 15) is 14.7 Å². The highest BCUT2D eigenvalue weighted by atomic mass is 32.1. The standard InChI is InChI=1S/C16H18N2O3S/c1-10-3-5-12(6-4-10)7-13(16(20)21)8-17-15(19)14-11(2)18-9-22-14/h3-6,9,13H,7-8H2,1-2H3,(H,17,19)(H,20,21)/t13-/m0/s1. The molecule has 0 bridgehead atoms. The Morgan fingerprint density at radius 3 is 2.50 bits per heavy atom. The molecule has 2 N–H and O–H groups in total. The summed E-state index contributed by atoms with van der Waals surface area (Å²) in [4.78, 5) is 27.9. The smallest absolute Gasteiger partial charge is 0.308 e. The van der Waals surface area contributed by atoms with Crippen molar-refractivity contribution in [2.75, 3.05) is 6.54 Å². The molecule has 0 spiro atoms. The number of carbonyl (C=O) groups is 2. The third kappa shape index (κ3) is 4.14. The maximum Gasteiger partial charge on any atom is 0.308 e. The Balaban J connectivity index is 1.97. The van der Waals surface area contributed by atoms with Gasteiger partial charge in [-0.25, -0.2) is 4.98 Å². The molecule has 1 atom stereocenters. The van der Waals surface area contributed by atoms with Gasteiger partial charge in [-0.05, 0) is 25.8 Å². The number of hydrogen-bond donors (Lipinski definition) is 2. The van der Waals surface area contributed by atoms with Crippen molar-refractivity contribution in [3.63, 3.8) is 0 Å². The number of hydrogen-bond acceptors (Lipinski definition) is 4. The van der Waals surface area contributed by atoms with Gasteiger partial charge in [0.05, 0.1) is 17.1 Å². The molecule has 1 amide bonds. The molecule has 5 nitrogen and oxygen atoms in total. The van der Waals surface area contributed by atoms with Gasteiger partial charge in [0, 0.05) is 6.54 Å². The van der Waals surface area contributed by atoms with Gasteiger partial charge in [-0.1, -0.05) is 29.8 Å². The second-order valence-corrected chi connectivity index (χ2v) is 6.06. The Labute approximate surface area is 133 Å². The van der Waals surface area contributed by atoms with Crippen LogP contribution >= 0.6 is 11.3 Å². The second kappa shape index (κ2) is 7.17. The van der Waals surface area contributed by atoms with E-state index in [1.165, 1.54) is 11.3 Å². The molecule has 1 aromatic carbocycles. The first-order chi connectivity index (χ1) is 10.5. The highest BCUT2D eigenvalue weighted by Crippen LogP contribution is 2.13. The Morgan fingerprint density at radius 1 is 1.27 bits per heavy atom. The van der Waals surface area contributed by atoms with Gasteiger partial charge in [-0.15, -0.1) is 11.3 Å². The van der Waals surface area contributed by atoms with Gasteiger partial charge in [-0.3, -0.25) is 9.59 Å². The van der Waals surface area contributed by atoms with Gasteiger partial charge in [-0.2, -0.15) is 0 Å². The van der Waals surface area contributed by atoms with E-state index in [1.54, 1.807) is 12.4 Å². The molecule has 116 valence electrons. The molecule has 2 rings (SSSR count). The molecule has 1 aromatic heterocycles. The van der Waals surface area contributed by atoms with Crippen LogP contribution in [0.15, 0.2) is 29.8 Å². The Bertz CT molecular complexity index is 664. The summed E-state index contributed by atoms with van der Waals surface area (Å²) in [5, 5.41) is 12.0. The monoisotopic (exact) mass is 318 g/mol. The molecule has 0 fully saturated rings. The molecule has 0 saturated carbocycles. The summed E-state index contributed by atoms with van der Waals surface area (Å²) < 4.78 is 0. The van der Waals surface area contributed by atoms with Gasteiger partial charge >= 0.3 is 5.97 Å². The summed E-state index contributed by atoms with van der Waals surface area (Å²) in [6.07, 6.45) is 0.386. The van der Waals surface area contributed by atoms with Crippen molar-refractivity contribution in [2.45, 2.75) is 20.3 Å². The number of carboxylic acids is 1. The van der Waals surface area contributed by atoms with E-state index in [-0.39, 0.29) is 12.5 Å². The minimum absolute atomic E-state index is 0.0966. The van der Waals surface area contributed by atoms with Crippen LogP contribution in [0.3, 0.4) is 0 Å². The van der Waals surface area contributed by atoms with Crippen LogP contribution < -0.4 is 5.32 Å². The van der Waals surface area contributed by atoms with Crippen LogP contribution in [0.1, 0.15) is 26.5 Å². The number of aromatic nitrogens is 1. The topological polar surface area (TPSA) is 79.3 Å². The number of carbonyl (C=O) groups excluding carboxylic acids is 1. The van der Waals surface area contributed by atoms with E-state index < -0.39 is 11.9 Å². The molecule has 0 saturated heterocycles. The summed E-state index contributed by atoms with van der Waals surface area (Å²) in [6.45, 7) is 3.84. The molecule has 0 aliphatic carbocycles. The lowest BCUT2D eigenvalue weighted by Gasteiger charge is -2.13. The van der Waals surface area contributed by atoms with Gasteiger partial charge in [0.15, 0.2) is 0 Å². The summed E-state index contributed by atoms with van der Waals surface area (Å²) in [5.41, 5.74) is 4.34. The minimum atomic E-state index is -0.915. The normalized spacial score (nSPS) is 11.9. The van der Waals surface area contributed by atoms with Crippen LogP contribution in [0.2, 0.25) is 0 Å². The average molecular weight is 318 g/mol. The van der Waals surface area contributed by atoms with E-state index in [0.717, 1.165) is 11.1 Å². The Morgan fingerprint density at radius 2 is 1.95 bits per heavy atom. The van der Waals surface area contributed by atoms with E-state index in [1.807, 2.05) is 31.2 Å². The zero-order valence-corrected chi connectivity index (χ0v) is 13.3. The van der Waals surface area contributed by atoms with Crippen LogP contribution in [-0.2, 0) is 11.2 Å². The first kappa shape index (κ1) is 16.2. The fourth-order valence-corrected chi connectivity index (χ4v) is 2.79. The van der Waals surface area contributed by atoms with Crippen molar-refractivity contribution in [3.05, 3.63) is 51.5 Å². The molecule has 22 heavy (non-hydrogen) atoms. The van der Waals surface area contributed by atoms with Crippen molar-refractivity contribution >= 4 is 23.2 Å². The first-order valence-corrected chi connectivity index (χ1v) is 7.82. The van der Waals surface area contributed by atoms with Crippen LogP contribution in [0.4, 0.5) is 0 Å². The number of carboxylic acid groups (broad SMARTS) is 1. The number of aliphatic carboxylic acids is 1. The molecule has 0 unspecified atom stereocenters. The fraction of sp³-hybridized carbons (Fsp3) is 0.312. The SMILES string of the molecule is Cc1ccc(C[C@@H](CNC(=O)c2scnc2C)C(=O)O)cc1. The summed E-state index contributed by atoms with van der Waals surface area (Å²) in [5.74, 6) is -1.84. The molecule has 6 heteroatoms. The van der Waals surface area contributed by atoms with Gasteiger partial charge in [0.1, 0.15) is 4.88 Å². The Kier molecular flexibility index (Phi) is 5.27. The van der Waals surface area contributed by atoms with Crippen molar-refractivity contribution in [1.29, 1.82) is 0 Å². The lowest BCUT2D eigenvalue weighted by atomic mass is 9.98. The van der Waals surface area contributed by atoms with E-state index in [2.05, 4.69) is 10.3 Å². The highest BCUT2D eigenvalue weighted by molar-refractivity contribution is 7.11. The van der Waals surface area contributed by atoms with Crippen LogP contribution in [0, 0.1) is 19.8 Å². The van der Waals surface area contributed by atoms with Crippen LogP contribution in [0.5, 0.6) is 0 Å². The molecule has 0 radical (unpaired) electrons. The largest absolute Gasteiger partial charge is 0.481 e. The number of benzene rings is 1. The van der Waals surface area contributed by atoms with Crippen LogP contribution in [0.25, 0.3) is 0 Å². The third-order valence-corrected chi connectivity index (χ3v) is 4.34. The average Bonchev–Trinajstić information content (AvgIpc) is 2.91. The first-order valence-electron chi connectivity index (χ1n) is 6.94. The predicted octanol–water partition coefficient (Wildman–Crippen LogP) is 2.43. The highest BCUT2D eigenvalue weighted by Gasteiger charge is 2.20. The quantitative estimate of drug-likeness (QED) is 0.857. The summed E-state index contributed by atoms with van der Waals surface area (Å²) >= 11 is 1.25. The zero-order chi connectivity index (χ0) is 16.1. The van der Waals surface area contributed by atoms with Gasteiger partial charge < -0.3 is 10.4 Å². The van der Waals surface area contributed by atoms with Crippen molar-refractivity contribution < 1.29 is 14.7 Å².